The lowest BCUT2D eigenvalue weighted by molar-refractivity contribution is -0.143. The highest BCUT2D eigenvalue weighted by molar-refractivity contribution is 5.93. The van der Waals surface area contributed by atoms with Crippen molar-refractivity contribution < 1.29 is 24.3 Å². The summed E-state index contributed by atoms with van der Waals surface area (Å²) in [6, 6.07) is 4.60. The summed E-state index contributed by atoms with van der Waals surface area (Å²) in [6.45, 7) is 3.30. The number of nitrogens with two attached hydrogens (primary N) is 3. The van der Waals surface area contributed by atoms with E-state index in [2.05, 4.69) is 25.9 Å². The van der Waals surface area contributed by atoms with Gasteiger partial charge in [-0.1, -0.05) is 38.5 Å². The second kappa shape index (κ2) is 14.6. The Labute approximate surface area is 221 Å². The number of aromatic nitrogens is 1. The van der Waals surface area contributed by atoms with E-state index in [1.165, 1.54) is 0 Å². The fraction of sp³-hybridized carbons (Fsp3) is 0.480. The molecule has 208 valence electrons. The molecule has 13 nitrogen and oxygen atoms in total. The zero-order valence-electron chi connectivity index (χ0n) is 21.7. The molecule has 0 radical (unpaired) electrons. The molecule has 2 aromatic rings. The van der Waals surface area contributed by atoms with Gasteiger partial charge < -0.3 is 43.2 Å². The third-order valence-corrected chi connectivity index (χ3v) is 6.25. The Bertz CT molecular complexity index is 1140. The number of carboxylic acids is 1. The second-order valence-corrected chi connectivity index (χ2v) is 9.17. The van der Waals surface area contributed by atoms with Crippen LogP contribution in [-0.2, 0) is 25.6 Å². The number of para-hydroxylation sites is 1. The predicted molar refractivity (Wildman–Crippen MR) is 144 cm³/mol. The van der Waals surface area contributed by atoms with E-state index in [4.69, 9.17) is 17.2 Å². The monoisotopic (exact) mass is 530 g/mol. The van der Waals surface area contributed by atoms with Crippen LogP contribution in [0.15, 0.2) is 35.5 Å². The number of carboxylic acid groups (broad SMARTS) is 1. The number of hydrogen-bond acceptors (Lipinski definition) is 6. The highest BCUT2D eigenvalue weighted by Crippen LogP contribution is 2.18. The van der Waals surface area contributed by atoms with Crippen LogP contribution in [0.1, 0.15) is 38.7 Å². The van der Waals surface area contributed by atoms with Crippen LogP contribution in [0.4, 0.5) is 0 Å². The predicted octanol–water partition coefficient (Wildman–Crippen LogP) is -0.692. The first-order chi connectivity index (χ1) is 18.0. The molecule has 0 aliphatic carbocycles. The lowest BCUT2D eigenvalue weighted by Gasteiger charge is -2.22. The van der Waals surface area contributed by atoms with Crippen LogP contribution < -0.4 is 33.2 Å². The second-order valence-electron chi connectivity index (χ2n) is 9.17. The van der Waals surface area contributed by atoms with Gasteiger partial charge in [0.2, 0.25) is 17.7 Å². The zero-order valence-corrected chi connectivity index (χ0v) is 21.7. The number of aliphatic imine (C=N–C) groups is 1. The summed E-state index contributed by atoms with van der Waals surface area (Å²) >= 11 is 0. The van der Waals surface area contributed by atoms with Gasteiger partial charge in [0.25, 0.3) is 0 Å². The average Bonchev–Trinajstić information content (AvgIpc) is 3.29. The van der Waals surface area contributed by atoms with Gasteiger partial charge in [-0.3, -0.25) is 19.4 Å². The molecule has 4 unspecified atom stereocenters. The van der Waals surface area contributed by atoms with Gasteiger partial charge in [0.1, 0.15) is 12.1 Å². The Morgan fingerprint density at radius 2 is 1.82 bits per heavy atom. The van der Waals surface area contributed by atoms with Crippen molar-refractivity contribution in [1.82, 2.24) is 20.9 Å². The minimum atomic E-state index is -1.16. The summed E-state index contributed by atoms with van der Waals surface area (Å²) in [5.41, 5.74) is 18.6. The maximum atomic E-state index is 12.9. The first-order valence-electron chi connectivity index (χ1n) is 12.5. The van der Waals surface area contributed by atoms with Gasteiger partial charge in [-0.25, -0.2) is 4.79 Å². The standard InChI is InChI=1S/C25H38N8O5/c1-3-14(2)21(24(37)38)33-20(34)13-31-23(36)19(9-6-10-29-25(27)28)32-22(35)17(26)11-15-12-30-18-8-5-4-7-16(15)18/h4-5,7-8,12,14,17,19,21,30H,3,6,9-11,13,26H2,1-2H3,(H,31,36)(H,32,35)(H,33,34)(H,37,38)(H4,27,28,29). The van der Waals surface area contributed by atoms with Crippen molar-refractivity contribution >= 4 is 40.6 Å². The fourth-order valence-corrected chi connectivity index (χ4v) is 3.88. The number of hydrogen-bond donors (Lipinski definition) is 8. The lowest BCUT2D eigenvalue weighted by Crippen LogP contribution is -2.54. The van der Waals surface area contributed by atoms with E-state index in [0.29, 0.717) is 12.8 Å². The minimum Gasteiger partial charge on any atom is -0.480 e. The summed E-state index contributed by atoms with van der Waals surface area (Å²) in [5, 5.41) is 17.8. The Morgan fingerprint density at radius 1 is 1.11 bits per heavy atom. The summed E-state index contributed by atoms with van der Waals surface area (Å²) in [5.74, 6) is -3.37. The Morgan fingerprint density at radius 3 is 2.47 bits per heavy atom. The quantitative estimate of drug-likeness (QED) is 0.0832. The molecule has 38 heavy (non-hydrogen) atoms. The number of aromatic amines is 1. The molecule has 0 aliphatic rings. The Hall–Kier alpha value is -4.13. The molecule has 1 aromatic carbocycles. The molecule has 0 saturated heterocycles. The van der Waals surface area contributed by atoms with Crippen LogP contribution in [0.25, 0.3) is 10.9 Å². The van der Waals surface area contributed by atoms with E-state index >= 15 is 0 Å². The summed E-state index contributed by atoms with van der Waals surface area (Å²) in [7, 11) is 0. The van der Waals surface area contributed by atoms with Gasteiger partial charge in [-0.05, 0) is 36.8 Å². The van der Waals surface area contributed by atoms with Crippen LogP contribution in [0, 0.1) is 5.92 Å². The van der Waals surface area contributed by atoms with Crippen molar-refractivity contribution in [1.29, 1.82) is 0 Å². The number of carbonyl (C=O) groups is 4. The van der Waals surface area contributed by atoms with Crippen LogP contribution >= 0.6 is 0 Å². The first-order valence-corrected chi connectivity index (χ1v) is 12.5. The SMILES string of the molecule is CCC(C)C(NC(=O)CNC(=O)C(CCCN=C(N)N)NC(=O)C(N)Cc1c[nH]c2ccccc12)C(=O)O. The van der Waals surface area contributed by atoms with E-state index in [-0.39, 0.29) is 31.3 Å². The van der Waals surface area contributed by atoms with Crippen molar-refractivity contribution in [3.05, 3.63) is 36.0 Å². The third kappa shape index (κ3) is 9.07. The average molecular weight is 531 g/mol. The lowest BCUT2D eigenvalue weighted by atomic mass is 9.99. The number of amides is 3. The zero-order chi connectivity index (χ0) is 28.2. The number of benzene rings is 1. The van der Waals surface area contributed by atoms with Crippen LogP contribution in [-0.4, -0.2) is 71.0 Å². The molecule has 1 aromatic heterocycles. The molecule has 4 atom stereocenters. The molecular formula is C25H38N8O5. The van der Waals surface area contributed by atoms with Gasteiger partial charge in [0.05, 0.1) is 12.6 Å². The highest BCUT2D eigenvalue weighted by Gasteiger charge is 2.27. The summed E-state index contributed by atoms with van der Waals surface area (Å²) in [6.07, 6.45) is 3.13. The van der Waals surface area contributed by atoms with Crippen LogP contribution in [0.2, 0.25) is 0 Å². The number of aliphatic carboxylic acids is 1. The van der Waals surface area contributed by atoms with Crippen LogP contribution in [0.5, 0.6) is 0 Å². The number of nitrogens with zero attached hydrogens (tertiary/aromatic N) is 1. The van der Waals surface area contributed by atoms with Gasteiger partial charge >= 0.3 is 5.97 Å². The molecule has 0 saturated carbocycles. The van der Waals surface area contributed by atoms with Crippen molar-refractivity contribution in [3.8, 4) is 0 Å². The number of guanidine groups is 1. The Balaban J connectivity index is 2.01. The van der Waals surface area contributed by atoms with Crippen molar-refractivity contribution in [2.75, 3.05) is 13.1 Å². The van der Waals surface area contributed by atoms with Crippen molar-refractivity contribution in [2.45, 2.75) is 57.7 Å². The topological polar surface area (TPSA) is 231 Å². The van der Waals surface area contributed by atoms with Gasteiger partial charge in [0.15, 0.2) is 5.96 Å². The summed E-state index contributed by atoms with van der Waals surface area (Å²) < 4.78 is 0. The fourth-order valence-electron chi connectivity index (χ4n) is 3.88. The summed E-state index contributed by atoms with van der Waals surface area (Å²) in [4.78, 5) is 56.5. The molecule has 1 heterocycles. The molecule has 11 N–H and O–H groups in total. The maximum absolute atomic E-state index is 12.9. The smallest absolute Gasteiger partial charge is 0.326 e. The minimum absolute atomic E-state index is 0.0956. The number of carbonyl (C=O) groups excluding carboxylic acids is 3. The van der Waals surface area contributed by atoms with Gasteiger partial charge in [0, 0.05) is 23.6 Å². The van der Waals surface area contributed by atoms with E-state index in [1.807, 2.05) is 31.2 Å². The first kappa shape index (κ1) is 30.1. The maximum Gasteiger partial charge on any atom is 0.326 e. The number of fused-ring (bicyclic) bond motifs is 1. The van der Waals surface area contributed by atoms with E-state index in [1.54, 1.807) is 13.1 Å². The molecule has 0 spiro atoms. The van der Waals surface area contributed by atoms with Gasteiger partial charge in [-0.15, -0.1) is 0 Å². The molecule has 0 aliphatic heterocycles. The van der Waals surface area contributed by atoms with E-state index in [9.17, 15) is 24.3 Å². The number of H-pyrrole nitrogens is 1. The van der Waals surface area contributed by atoms with Crippen LogP contribution in [0.3, 0.4) is 0 Å². The van der Waals surface area contributed by atoms with Crippen molar-refractivity contribution in [3.63, 3.8) is 0 Å². The van der Waals surface area contributed by atoms with Crippen molar-refractivity contribution in [2.24, 2.45) is 28.1 Å². The number of rotatable bonds is 15. The third-order valence-electron chi connectivity index (χ3n) is 6.25. The molecule has 3 amide bonds. The Kier molecular flexibility index (Phi) is 11.5. The highest BCUT2D eigenvalue weighted by atomic mass is 16.4. The molecule has 0 fully saturated rings. The number of nitrogens with one attached hydrogen (secondary N) is 4. The van der Waals surface area contributed by atoms with Gasteiger partial charge in [-0.2, -0.15) is 0 Å². The normalized spacial score (nSPS) is 14.1. The largest absolute Gasteiger partial charge is 0.480 e. The molecule has 0 bridgehead atoms. The molecule has 2 rings (SSSR count). The molecular weight excluding hydrogens is 492 g/mol. The van der Waals surface area contributed by atoms with E-state index in [0.717, 1.165) is 16.5 Å². The molecule has 13 heteroatoms. The van der Waals surface area contributed by atoms with E-state index < -0.39 is 48.4 Å².